The van der Waals surface area contributed by atoms with Gasteiger partial charge in [0.1, 0.15) is 0 Å². The molecule has 1 aliphatic rings. The summed E-state index contributed by atoms with van der Waals surface area (Å²) in [4.78, 5) is 10.4. The van der Waals surface area contributed by atoms with Gasteiger partial charge in [0.25, 0.3) is 0 Å². The van der Waals surface area contributed by atoms with Crippen LogP contribution < -0.4 is 5.32 Å². The van der Waals surface area contributed by atoms with Crippen LogP contribution in [0.25, 0.3) is 0 Å². The molecule has 0 aromatic carbocycles. The SMILES string of the molecule is CCCCN1C(=S)N[C@H](c2ccccn2)[C@@H]1c1c(C)[nH]c(C)c1I. The van der Waals surface area contributed by atoms with Gasteiger partial charge in [0.15, 0.2) is 5.11 Å². The van der Waals surface area contributed by atoms with Crippen molar-refractivity contribution >= 4 is 39.9 Å². The lowest BCUT2D eigenvalue weighted by molar-refractivity contribution is 0.311. The quantitative estimate of drug-likeness (QED) is 0.519. The lowest BCUT2D eigenvalue weighted by atomic mass is 9.96. The second kappa shape index (κ2) is 7.39. The van der Waals surface area contributed by atoms with Crippen molar-refractivity contribution in [2.24, 2.45) is 0 Å². The van der Waals surface area contributed by atoms with Gasteiger partial charge in [-0.15, -0.1) is 0 Å². The van der Waals surface area contributed by atoms with Crippen molar-refractivity contribution in [1.82, 2.24) is 20.2 Å². The number of aryl methyl sites for hydroxylation is 2. The van der Waals surface area contributed by atoms with Gasteiger partial charge in [-0.25, -0.2) is 0 Å². The predicted molar refractivity (Wildman–Crippen MR) is 110 cm³/mol. The summed E-state index contributed by atoms with van der Waals surface area (Å²) in [7, 11) is 0. The standard InChI is InChI=1S/C18H23IN4S/c1-4-5-10-23-17(14-11(2)21-12(3)15(14)19)16(22-18(23)24)13-8-6-7-9-20-13/h6-9,16-17,21H,4-5,10H2,1-3H3,(H,22,24)/t16-,17+/m1/s1. The molecule has 3 heterocycles. The van der Waals surface area contributed by atoms with Crippen molar-refractivity contribution in [2.45, 2.75) is 45.7 Å². The summed E-state index contributed by atoms with van der Waals surface area (Å²) in [5.74, 6) is 0. The van der Waals surface area contributed by atoms with Crippen LogP contribution in [-0.4, -0.2) is 26.5 Å². The number of hydrogen-bond acceptors (Lipinski definition) is 2. The fraction of sp³-hybridized carbons (Fsp3) is 0.444. The van der Waals surface area contributed by atoms with Gasteiger partial charge in [0.2, 0.25) is 0 Å². The maximum atomic E-state index is 5.68. The lowest BCUT2D eigenvalue weighted by Crippen LogP contribution is -2.31. The van der Waals surface area contributed by atoms with E-state index in [1.54, 1.807) is 0 Å². The Hall–Kier alpha value is -1.15. The average molecular weight is 454 g/mol. The number of thiocarbonyl (C=S) groups is 1. The summed E-state index contributed by atoms with van der Waals surface area (Å²) in [6.07, 6.45) is 4.14. The molecule has 6 heteroatoms. The molecule has 2 N–H and O–H groups in total. The first-order valence-electron chi connectivity index (χ1n) is 8.37. The van der Waals surface area contributed by atoms with Gasteiger partial charge in [-0.2, -0.15) is 0 Å². The van der Waals surface area contributed by atoms with Gasteiger partial charge in [0.05, 0.1) is 17.8 Å². The van der Waals surface area contributed by atoms with Crippen molar-refractivity contribution in [3.63, 3.8) is 0 Å². The van der Waals surface area contributed by atoms with Crippen LogP contribution >= 0.6 is 34.8 Å². The molecule has 2 aromatic heterocycles. The molecule has 128 valence electrons. The highest BCUT2D eigenvalue weighted by molar-refractivity contribution is 14.1. The zero-order chi connectivity index (χ0) is 17.3. The highest BCUT2D eigenvalue weighted by Crippen LogP contribution is 2.42. The first-order valence-corrected chi connectivity index (χ1v) is 9.86. The number of rotatable bonds is 5. The van der Waals surface area contributed by atoms with Gasteiger partial charge in [-0.3, -0.25) is 4.98 Å². The first kappa shape index (κ1) is 17.7. The molecule has 0 aliphatic carbocycles. The van der Waals surface area contributed by atoms with E-state index in [2.05, 4.69) is 69.6 Å². The van der Waals surface area contributed by atoms with E-state index in [9.17, 15) is 0 Å². The van der Waals surface area contributed by atoms with Crippen molar-refractivity contribution < 1.29 is 0 Å². The van der Waals surface area contributed by atoms with E-state index in [1.807, 2.05) is 18.3 Å². The Kier molecular flexibility index (Phi) is 5.44. The molecule has 2 aromatic rings. The number of pyridine rings is 1. The van der Waals surface area contributed by atoms with Crippen LogP contribution in [0.15, 0.2) is 24.4 Å². The molecule has 2 atom stereocenters. The molecule has 1 saturated heterocycles. The molecule has 0 spiro atoms. The van der Waals surface area contributed by atoms with Gasteiger partial charge < -0.3 is 15.2 Å². The highest BCUT2D eigenvalue weighted by atomic mass is 127. The van der Waals surface area contributed by atoms with Crippen molar-refractivity contribution in [1.29, 1.82) is 0 Å². The molecule has 3 rings (SSSR count). The summed E-state index contributed by atoms with van der Waals surface area (Å²) in [6, 6.07) is 6.33. The smallest absolute Gasteiger partial charge is 0.170 e. The second-order valence-electron chi connectivity index (χ2n) is 6.28. The Balaban J connectivity index is 2.07. The Morgan fingerprint density at radius 1 is 1.29 bits per heavy atom. The molecule has 24 heavy (non-hydrogen) atoms. The Morgan fingerprint density at radius 3 is 2.67 bits per heavy atom. The molecule has 1 fully saturated rings. The van der Waals surface area contributed by atoms with Crippen LogP contribution in [0.5, 0.6) is 0 Å². The molecule has 4 nitrogen and oxygen atoms in total. The summed E-state index contributed by atoms with van der Waals surface area (Å²) >= 11 is 8.13. The topological polar surface area (TPSA) is 44.0 Å². The van der Waals surface area contributed by atoms with E-state index >= 15 is 0 Å². The fourth-order valence-corrected chi connectivity index (χ4v) is 4.60. The van der Waals surface area contributed by atoms with Gasteiger partial charge in [-0.1, -0.05) is 19.4 Å². The number of nitrogens with zero attached hydrogens (tertiary/aromatic N) is 2. The third-order valence-electron chi connectivity index (χ3n) is 4.59. The summed E-state index contributed by atoms with van der Waals surface area (Å²) in [5, 5.41) is 4.35. The van der Waals surface area contributed by atoms with Crippen LogP contribution in [0.4, 0.5) is 0 Å². The van der Waals surface area contributed by atoms with Crippen LogP contribution in [0.2, 0.25) is 0 Å². The third-order valence-corrected chi connectivity index (χ3v) is 6.33. The minimum atomic E-state index is 0.0815. The Morgan fingerprint density at radius 2 is 2.08 bits per heavy atom. The van der Waals surface area contributed by atoms with E-state index in [-0.39, 0.29) is 12.1 Å². The van der Waals surface area contributed by atoms with Crippen molar-refractivity contribution in [3.05, 3.63) is 50.6 Å². The van der Waals surface area contributed by atoms with E-state index in [4.69, 9.17) is 12.2 Å². The number of aromatic nitrogens is 2. The lowest BCUT2D eigenvalue weighted by Gasteiger charge is -2.28. The van der Waals surface area contributed by atoms with Crippen molar-refractivity contribution in [3.8, 4) is 0 Å². The number of hydrogen-bond donors (Lipinski definition) is 2. The maximum Gasteiger partial charge on any atom is 0.170 e. The monoisotopic (exact) mass is 454 g/mol. The number of aromatic amines is 1. The molecule has 0 radical (unpaired) electrons. The van der Waals surface area contributed by atoms with Gasteiger partial charge in [0, 0.05) is 33.3 Å². The number of unbranched alkanes of at least 4 members (excludes halogenated alkanes) is 1. The molecular formula is C18H23IN4S. The number of nitrogens with one attached hydrogen (secondary N) is 2. The van der Waals surface area contributed by atoms with Gasteiger partial charge >= 0.3 is 0 Å². The maximum absolute atomic E-state index is 5.68. The summed E-state index contributed by atoms with van der Waals surface area (Å²) in [5.41, 5.74) is 4.82. The zero-order valence-corrected chi connectivity index (χ0v) is 17.2. The van der Waals surface area contributed by atoms with E-state index in [1.165, 1.54) is 20.5 Å². The third kappa shape index (κ3) is 3.18. The van der Waals surface area contributed by atoms with Crippen LogP contribution in [-0.2, 0) is 0 Å². The highest BCUT2D eigenvalue weighted by Gasteiger charge is 2.41. The number of H-pyrrole nitrogens is 1. The van der Waals surface area contributed by atoms with E-state index in [0.29, 0.717) is 0 Å². The Labute approximate surface area is 162 Å². The van der Waals surface area contributed by atoms with Crippen molar-refractivity contribution in [2.75, 3.05) is 6.54 Å². The minimum Gasteiger partial charge on any atom is -0.362 e. The molecular weight excluding hydrogens is 431 g/mol. The predicted octanol–water partition coefficient (Wildman–Crippen LogP) is 4.40. The molecule has 0 unspecified atom stereocenters. The largest absolute Gasteiger partial charge is 0.362 e. The van der Waals surface area contributed by atoms with E-state index < -0.39 is 0 Å². The molecule has 1 aliphatic heterocycles. The van der Waals surface area contributed by atoms with Gasteiger partial charge in [-0.05, 0) is 67.2 Å². The molecule has 0 amide bonds. The number of halogens is 1. The summed E-state index contributed by atoms with van der Waals surface area (Å²) in [6.45, 7) is 7.47. The normalized spacial score (nSPS) is 20.5. The fourth-order valence-electron chi connectivity index (χ4n) is 3.41. The van der Waals surface area contributed by atoms with Crippen LogP contribution in [0.1, 0.15) is 54.5 Å². The first-order chi connectivity index (χ1) is 11.5. The molecule has 0 bridgehead atoms. The zero-order valence-electron chi connectivity index (χ0n) is 14.3. The van der Waals surface area contributed by atoms with Crippen LogP contribution in [0.3, 0.4) is 0 Å². The minimum absolute atomic E-state index is 0.0815. The summed E-state index contributed by atoms with van der Waals surface area (Å²) < 4.78 is 1.30. The average Bonchev–Trinajstić information content (AvgIpc) is 3.02. The second-order valence-corrected chi connectivity index (χ2v) is 7.74. The Bertz CT molecular complexity index is 728. The van der Waals surface area contributed by atoms with Crippen LogP contribution in [0, 0.1) is 17.4 Å². The molecule has 0 saturated carbocycles. The van der Waals surface area contributed by atoms with E-state index in [0.717, 1.165) is 30.2 Å².